The van der Waals surface area contributed by atoms with E-state index in [0.717, 1.165) is 24.3 Å². The number of benzene rings is 2. The van der Waals surface area contributed by atoms with Gasteiger partial charge in [0, 0.05) is 13.7 Å². The van der Waals surface area contributed by atoms with Crippen LogP contribution in [0.4, 0.5) is 0 Å². The first-order valence-corrected chi connectivity index (χ1v) is 7.24. The van der Waals surface area contributed by atoms with Crippen LogP contribution in [0.2, 0.25) is 0 Å². The van der Waals surface area contributed by atoms with Crippen LogP contribution >= 0.6 is 0 Å². The largest absolute Gasteiger partial charge is 0.484 e. The summed E-state index contributed by atoms with van der Waals surface area (Å²) in [6, 6.07) is 16.3. The van der Waals surface area contributed by atoms with E-state index in [0.29, 0.717) is 6.54 Å². The number of rotatable bonds is 7. The van der Waals surface area contributed by atoms with Gasteiger partial charge in [-0.1, -0.05) is 36.4 Å². The van der Waals surface area contributed by atoms with Crippen molar-refractivity contribution in [2.24, 2.45) is 5.73 Å². The fraction of sp³-hybridized carbons (Fsp3) is 0.333. The Kier molecular flexibility index (Phi) is 5.78. The van der Waals surface area contributed by atoms with Crippen LogP contribution < -0.4 is 10.5 Å². The van der Waals surface area contributed by atoms with Crippen molar-refractivity contribution >= 4 is 0 Å². The van der Waals surface area contributed by atoms with E-state index in [1.54, 1.807) is 7.11 Å². The predicted molar refractivity (Wildman–Crippen MR) is 85.6 cm³/mol. The molecule has 3 heteroatoms. The van der Waals surface area contributed by atoms with Crippen molar-refractivity contribution in [1.82, 2.24) is 0 Å². The van der Waals surface area contributed by atoms with Gasteiger partial charge in [0.1, 0.15) is 11.9 Å². The lowest BCUT2D eigenvalue weighted by atomic mass is 10.0. The smallest absolute Gasteiger partial charge is 0.136 e. The fourth-order valence-corrected chi connectivity index (χ4v) is 2.31. The van der Waals surface area contributed by atoms with Crippen LogP contribution in [-0.4, -0.2) is 20.3 Å². The average Bonchev–Trinajstić information content (AvgIpc) is 2.52. The van der Waals surface area contributed by atoms with Crippen LogP contribution in [0.1, 0.15) is 22.8 Å². The van der Waals surface area contributed by atoms with Crippen LogP contribution in [0.3, 0.4) is 0 Å². The molecule has 0 bridgehead atoms. The van der Waals surface area contributed by atoms with Gasteiger partial charge in [0.2, 0.25) is 0 Å². The molecule has 112 valence electrons. The zero-order valence-corrected chi connectivity index (χ0v) is 12.7. The third-order valence-corrected chi connectivity index (χ3v) is 3.55. The molecule has 0 aliphatic carbocycles. The number of ether oxygens (including phenoxy) is 2. The summed E-state index contributed by atoms with van der Waals surface area (Å²) in [5.74, 6) is 0.842. The molecule has 0 radical (unpaired) electrons. The monoisotopic (exact) mass is 285 g/mol. The van der Waals surface area contributed by atoms with Gasteiger partial charge in [-0.05, 0) is 42.2 Å². The maximum Gasteiger partial charge on any atom is 0.136 e. The molecule has 1 atom stereocenters. The third kappa shape index (κ3) is 4.31. The third-order valence-electron chi connectivity index (χ3n) is 3.55. The van der Waals surface area contributed by atoms with Gasteiger partial charge in [-0.25, -0.2) is 0 Å². The second-order valence-corrected chi connectivity index (χ2v) is 5.09. The van der Waals surface area contributed by atoms with Crippen molar-refractivity contribution in [3.8, 4) is 5.75 Å². The van der Waals surface area contributed by atoms with E-state index in [9.17, 15) is 0 Å². The summed E-state index contributed by atoms with van der Waals surface area (Å²) >= 11 is 0. The standard InChI is InChI=1S/C18H23NO2/c1-14-5-3-4-6-17(14)18(13-19)21-16-9-7-15(8-10-16)11-12-20-2/h3-10,18H,11-13,19H2,1-2H3. The van der Waals surface area contributed by atoms with Gasteiger partial charge in [0.25, 0.3) is 0 Å². The molecule has 0 aliphatic heterocycles. The van der Waals surface area contributed by atoms with Gasteiger partial charge >= 0.3 is 0 Å². The maximum absolute atomic E-state index is 6.03. The molecule has 3 nitrogen and oxygen atoms in total. The van der Waals surface area contributed by atoms with Crippen LogP contribution in [0.25, 0.3) is 0 Å². The summed E-state index contributed by atoms with van der Waals surface area (Å²) in [5.41, 5.74) is 9.46. The van der Waals surface area contributed by atoms with Crippen LogP contribution in [0.15, 0.2) is 48.5 Å². The molecular weight excluding hydrogens is 262 g/mol. The fourth-order valence-electron chi connectivity index (χ4n) is 2.31. The second kappa shape index (κ2) is 7.81. The molecule has 0 spiro atoms. The molecule has 0 amide bonds. The first kappa shape index (κ1) is 15.5. The van der Waals surface area contributed by atoms with E-state index in [2.05, 4.69) is 31.2 Å². The SMILES string of the molecule is COCCc1ccc(OC(CN)c2ccccc2C)cc1. The van der Waals surface area contributed by atoms with Gasteiger partial charge < -0.3 is 15.2 Å². The number of aryl methyl sites for hydroxylation is 1. The molecule has 0 aromatic heterocycles. The topological polar surface area (TPSA) is 44.5 Å². The van der Waals surface area contributed by atoms with Crippen LogP contribution in [-0.2, 0) is 11.2 Å². The van der Waals surface area contributed by atoms with Gasteiger partial charge in [0.05, 0.1) is 6.61 Å². The Hall–Kier alpha value is -1.84. The molecule has 1 unspecified atom stereocenters. The minimum Gasteiger partial charge on any atom is -0.484 e. The highest BCUT2D eigenvalue weighted by Gasteiger charge is 2.13. The summed E-state index contributed by atoms with van der Waals surface area (Å²) in [5, 5.41) is 0. The molecule has 0 saturated carbocycles. The maximum atomic E-state index is 6.03. The van der Waals surface area contributed by atoms with Gasteiger partial charge in [0.15, 0.2) is 0 Å². The summed E-state index contributed by atoms with van der Waals surface area (Å²) in [4.78, 5) is 0. The van der Waals surface area contributed by atoms with Crippen molar-refractivity contribution in [3.63, 3.8) is 0 Å². The lowest BCUT2D eigenvalue weighted by Gasteiger charge is -2.20. The molecule has 2 aromatic carbocycles. The van der Waals surface area contributed by atoms with Gasteiger partial charge in [-0.15, -0.1) is 0 Å². The Balaban J connectivity index is 2.07. The first-order valence-electron chi connectivity index (χ1n) is 7.24. The molecule has 0 fully saturated rings. The first-order chi connectivity index (χ1) is 10.2. The van der Waals surface area contributed by atoms with Crippen LogP contribution in [0, 0.1) is 6.92 Å². The highest BCUT2D eigenvalue weighted by Crippen LogP contribution is 2.24. The Bertz CT molecular complexity index is 551. The van der Waals surface area contributed by atoms with E-state index >= 15 is 0 Å². The number of hydrogen-bond acceptors (Lipinski definition) is 3. The molecule has 0 heterocycles. The summed E-state index contributed by atoms with van der Waals surface area (Å²) < 4.78 is 11.1. The van der Waals surface area contributed by atoms with Crippen LogP contribution in [0.5, 0.6) is 5.75 Å². The Morgan fingerprint density at radius 3 is 2.38 bits per heavy atom. The minimum atomic E-state index is -0.115. The Morgan fingerprint density at radius 2 is 1.76 bits per heavy atom. The summed E-state index contributed by atoms with van der Waals surface area (Å²) in [6.45, 7) is 3.26. The van der Waals surface area contributed by atoms with Crippen molar-refractivity contribution in [3.05, 3.63) is 65.2 Å². The molecular formula is C18H23NO2. The van der Waals surface area contributed by atoms with Gasteiger partial charge in [-0.3, -0.25) is 0 Å². The minimum absolute atomic E-state index is 0.115. The summed E-state index contributed by atoms with van der Waals surface area (Å²) in [6.07, 6.45) is 0.797. The Labute approximate surface area is 126 Å². The second-order valence-electron chi connectivity index (χ2n) is 5.09. The quantitative estimate of drug-likeness (QED) is 0.849. The van der Waals surface area contributed by atoms with E-state index in [1.807, 2.05) is 24.3 Å². The molecule has 0 aliphatic rings. The predicted octanol–water partition coefficient (Wildman–Crippen LogP) is 3.26. The van der Waals surface area contributed by atoms with E-state index in [-0.39, 0.29) is 6.10 Å². The zero-order valence-electron chi connectivity index (χ0n) is 12.7. The van der Waals surface area contributed by atoms with Gasteiger partial charge in [-0.2, -0.15) is 0 Å². The van der Waals surface area contributed by atoms with Crippen molar-refractivity contribution < 1.29 is 9.47 Å². The molecule has 21 heavy (non-hydrogen) atoms. The number of nitrogens with two attached hydrogens (primary N) is 1. The molecule has 0 saturated heterocycles. The highest BCUT2D eigenvalue weighted by atomic mass is 16.5. The van der Waals surface area contributed by atoms with E-state index in [4.69, 9.17) is 15.2 Å². The lowest BCUT2D eigenvalue weighted by Crippen LogP contribution is -2.19. The summed E-state index contributed by atoms with van der Waals surface area (Å²) in [7, 11) is 1.71. The van der Waals surface area contributed by atoms with E-state index < -0.39 is 0 Å². The van der Waals surface area contributed by atoms with Crippen molar-refractivity contribution in [1.29, 1.82) is 0 Å². The van der Waals surface area contributed by atoms with Crippen molar-refractivity contribution in [2.75, 3.05) is 20.3 Å². The zero-order chi connectivity index (χ0) is 15.1. The average molecular weight is 285 g/mol. The molecule has 2 rings (SSSR count). The Morgan fingerprint density at radius 1 is 1.05 bits per heavy atom. The highest BCUT2D eigenvalue weighted by molar-refractivity contribution is 5.31. The van der Waals surface area contributed by atoms with E-state index in [1.165, 1.54) is 11.1 Å². The lowest BCUT2D eigenvalue weighted by molar-refractivity contribution is 0.202. The normalized spacial score (nSPS) is 12.1. The molecule has 2 N–H and O–H groups in total. The molecule has 2 aromatic rings. The number of hydrogen-bond donors (Lipinski definition) is 1. The number of methoxy groups -OCH3 is 1. The van der Waals surface area contributed by atoms with Crippen molar-refractivity contribution in [2.45, 2.75) is 19.4 Å².